The Hall–Kier alpha value is -1.85. The highest BCUT2D eigenvalue weighted by atomic mass is 19.1. The molecule has 0 radical (unpaired) electrons. The maximum absolute atomic E-state index is 13.9. The SMILES string of the molecule is Cc1cc(F)c(NC2CCC(NC(=O)OC(C)(C)C)C2)cc1F. The monoisotopic (exact) mass is 326 g/mol. The Kier molecular flexibility index (Phi) is 5.12. The van der Waals surface area contributed by atoms with E-state index in [2.05, 4.69) is 10.6 Å². The number of amides is 1. The summed E-state index contributed by atoms with van der Waals surface area (Å²) in [6.45, 7) is 6.94. The van der Waals surface area contributed by atoms with Crippen LogP contribution in [-0.2, 0) is 4.74 Å². The van der Waals surface area contributed by atoms with Crippen molar-refractivity contribution in [1.82, 2.24) is 5.32 Å². The Morgan fingerprint density at radius 3 is 2.48 bits per heavy atom. The Labute approximate surface area is 135 Å². The lowest BCUT2D eigenvalue weighted by Crippen LogP contribution is -2.38. The van der Waals surface area contributed by atoms with Gasteiger partial charge in [0.15, 0.2) is 0 Å². The van der Waals surface area contributed by atoms with Crippen LogP contribution in [0.5, 0.6) is 0 Å². The van der Waals surface area contributed by atoms with Crippen molar-refractivity contribution in [3.05, 3.63) is 29.3 Å². The van der Waals surface area contributed by atoms with E-state index in [9.17, 15) is 13.6 Å². The van der Waals surface area contributed by atoms with E-state index in [0.29, 0.717) is 6.42 Å². The molecule has 4 nitrogen and oxygen atoms in total. The van der Waals surface area contributed by atoms with Crippen molar-refractivity contribution in [3.63, 3.8) is 0 Å². The molecule has 1 saturated carbocycles. The second-order valence-electron chi connectivity index (χ2n) is 7.08. The lowest BCUT2D eigenvalue weighted by molar-refractivity contribution is 0.0505. The molecular formula is C17H24F2N2O2. The van der Waals surface area contributed by atoms with Crippen molar-refractivity contribution >= 4 is 11.8 Å². The zero-order chi connectivity index (χ0) is 17.2. The van der Waals surface area contributed by atoms with Gasteiger partial charge in [-0.05, 0) is 58.6 Å². The second-order valence-corrected chi connectivity index (χ2v) is 7.08. The van der Waals surface area contributed by atoms with Crippen LogP contribution in [0.3, 0.4) is 0 Å². The van der Waals surface area contributed by atoms with Gasteiger partial charge in [0.25, 0.3) is 0 Å². The quantitative estimate of drug-likeness (QED) is 0.878. The van der Waals surface area contributed by atoms with E-state index in [-0.39, 0.29) is 23.3 Å². The fourth-order valence-corrected chi connectivity index (χ4v) is 2.69. The van der Waals surface area contributed by atoms with Gasteiger partial charge < -0.3 is 15.4 Å². The van der Waals surface area contributed by atoms with Crippen LogP contribution < -0.4 is 10.6 Å². The molecule has 0 bridgehead atoms. The first kappa shape index (κ1) is 17.5. The molecule has 2 atom stereocenters. The number of hydrogen-bond donors (Lipinski definition) is 2. The highest BCUT2D eigenvalue weighted by Crippen LogP contribution is 2.26. The van der Waals surface area contributed by atoms with Crippen molar-refractivity contribution in [3.8, 4) is 0 Å². The molecule has 128 valence electrons. The van der Waals surface area contributed by atoms with E-state index < -0.39 is 23.3 Å². The van der Waals surface area contributed by atoms with Crippen LogP contribution in [0.2, 0.25) is 0 Å². The molecule has 23 heavy (non-hydrogen) atoms. The number of benzene rings is 1. The van der Waals surface area contributed by atoms with Crippen molar-refractivity contribution in [1.29, 1.82) is 0 Å². The van der Waals surface area contributed by atoms with E-state index in [1.165, 1.54) is 19.1 Å². The molecule has 0 aromatic heterocycles. The largest absolute Gasteiger partial charge is 0.444 e. The Morgan fingerprint density at radius 1 is 1.17 bits per heavy atom. The molecule has 0 aliphatic heterocycles. The summed E-state index contributed by atoms with van der Waals surface area (Å²) < 4.78 is 32.6. The third kappa shape index (κ3) is 5.08. The molecule has 2 unspecified atom stereocenters. The minimum Gasteiger partial charge on any atom is -0.444 e. The summed E-state index contributed by atoms with van der Waals surface area (Å²) in [4.78, 5) is 11.8. The third-order valence-electron chi connectivity index (χ3n) is 3.76. The maximum Gasteiger partial charge on any atom is 0.407 e. The first-order chi connectivity index (χ1) is 10.6. The van der Waals surface area contributed by atoms with Gasteiger partial charge in [-0.3, -0.25) is 0 Å². The molecule has 1 aromatic rings. The number of halogens is 2. The maximum atomic E-state index is 13.9. The number of hydrogen-bond acceptors (Lipinski definition) is 3. The average Bonchev–Trinajstić information content (AvgIpc) is 2.80. The van der Waals surface area contributed by atoms with Gasteiger partial charge in [-0.2, -0.15) is 0 Å². The predicted octanol–water partition coefficient (Wildman–Crippen LogP) is 4.13. The first-order valence-electron chi connectivity index (χ1n) is 7.86. The van der Waals surface area contributed by atoms with Crippen molar-refractivity contribution in [2.24, 2.45) is 0 Å². The lowest BCUT2D eigenvalue weighted by atomic mass is 10.1. The average molecular weight is 326 g/mol. The fourth-order valence-electron chi connectivity index (χ4n) is 2.69. The van der Waals surface area contributed by atoms with E-state index in [1.54, 1.807) is 20.8 Å². The molecule has 0 spiro atoms. The standard InChI is InChI=1S/C17H24F2N2O2/c1-10-7-14(19)15(9-13(10)18)20-11-5-6-12(8-11)21-16(22)23-17(2,3)4/h7,9,11-12,20H,5-6,8H2,1-4H3,(H,21,22). The van der Waals surface area contributed by atoms with Crippen LogP contribution >= 0.6 is 0 Å². The van der Waals surface area contributed by atoms with Crippen LogP contribution in [0.1, 0.15) is 45.6 Å². The van der Waals surface area contributed by atoms with Gasteiger partial charge in [0.2, 0.25) is 0 Å². The Morgan fingerprint density at radius 2 is 1.83 bits per heavy atom. The van der Waals surface area contributed by atoms with Crippen molar-refractivity contribution in [2.45, 2.75) is 64.6 Å². The predicted molar refractivity (Wildman–Crippen MR) is 85.5 cm³/mol. The summed E-state index contributed by atoms with van der Waals surface area (Å²) in [6, 6.07) is 2.33. The summed E-state index contributed by atoms with van der Waals surface area (Å²) in [5.41, 5.74) is -0.0944. The minimum absolute atomic E-state index is 0.00783. The Balaban J connectivity index is 1.89. The second kappa shape index (κ2) is 6.72. The zero-order valence-corrected chi connectivity index (χ0v) is 14.0. The minimum atomic E-state index is -0.539. The summed E-state index contributed by atoms with van der Waals surface area (Å²) in [6.07, 6.45) is 1.74. The number of carbonyl (C=O) groups is 1. The van der Waals surface area contributed by atoms with Gasteiger partial charge in [-0.25, -0.2) is 13.6 Å². The first-order valence-corrected chi connectivity index (χ1v) is 7.86. The Bertz CT molecular complexity index is 585. The molecule has 1 amide bonds. The third-order valence-corrected chi connectivity index (χ3v) is 3.76. The molecule has 1 fully saturated rings. The molecule has 0 heterocycles. The summed E-state index contributed by atoms with van der Waals surface area (Å²) in [5, 5.41) is 5.84. The number of aryl methyl sites for hydroxylation is 1. The van der Waals surface area contributed by atoms with Gasteiger partial charge >= 0.3 is 6.09 Å². The molecular weight excluding hydrogens is 302 g/mol. The van der Waals surface area contributed by atoms with Crippen molar-refractivity contribution in [2.75, 3.05) is 5.32 Å². The molecule has 0 saturated heterocycles. The zero-order valence-electron chi connectivity index (χ0n) is 14.0. The molecule has 6 heteroatoms. The number of carbonyl (C=O) groups excluding carboxylic acids is 1. The van der Waals surface area contributed by atoms with Crippen LogP contribution in [0.15, 0.2) is 12.1 Å². The normalized spacial score (nSPS) is 21.1. The lowest BCUT2D eigenvalue weighted by Gasteiger charge is -2.22. The van der Waals surface area contributed by atoms with E-state index >= 15 is 0 Å². The van der Waals surface area contributed by atoms with Crippen LogP contribution in [-0.4, -0.2) is 23.8 Å². The van der Waals surface area contributed by atoms with E-state index in [0.717, 1.165) is 12.8 Å². The molecule has 2 rings (SSSR count). The van der Waals surface area contributed by atoms with Crippen molar-refractivity contribution < 1.29 is 18.3 Å². The molecule has 1 aromatic carbocycles. The van der Waals surface area contributed by atoms with Gasteiger partial charge in [0.1, 0.15) is 17.2 Å². The van der Waals surface area contributed by atoms with Crippen LogP contribution in [0, 0.1) is 18.6 Å². The van der Waals surface area contributed by atoms with Gasteiger partial charge in [-0.15, -0.1) is 0 Å². The number of alkyl carbamates (subject to hydrolysis) is 1. The number of ether oxygens (including phenoxy) is 1. The smallest absolute Gasteiger partial charge is 0.407 e. The van der Waals surface area contributed by atoms with Gasteiger partial charge in [-0.1, -0.05) is 0 Å². The topological polar surface area (TPSA) is 50.4 Å². The van der Waals surface area contributed by atoms with E-state index in [4.69, 9.17) is 4.74 Å². The highest BCUT2D eigenvalue weighted by Gasteiger charge is 2.28. The molecule has 1 aliphatic rings. The summed E-state index contributed by atoms with van der Waals surface area (Å²) in [7, 11) is 0. The van der Waals surface area contributed by atoms with Gasteiger partial charge in [0, 0.05) is 18.2 Å². The van der Waals surface area contributed by atoms with Crippen LogP contribution in [0.25, 0.3) is 0 Å². The van der Waals surface area contributed by atoms with Gasteiger partial charge in [0.05, 0.1) is 5.69 Å². The van der Waals surface area contributed by atoms with Crippen LogP contribution in [0.4, 0.5) is 19.3 Å². The molecule has 2 N–H and O–H groups in total. The van der Waals surface area contributed by atoms with E-state index in [1.807, 2.05) is 0 Å². The molecule has 1 aliphatic carbocycles. The number of rotatable bonds is 3. The summed E-state index contributed by atoms with van der Waals surface area (Å²) >= 11 is 0. The number of anilines is 1. The number of nitrogens with one attached hydrogen (secondary N) is 2. The highest BCUT2D eigenvalue weighted by molar-refractivity contribution is 5.68. The fraction of sp³-hybridized carbons (Fsp3) is 0.588. The summed E-state index contributed by atoms with van der Waals surface area (Å²) in [5.74, 6) is -0.900.